The van der Waals surface area contributed by atoms with Crippen LogP contribution in [-0.2, 0) is 5.41 Å². The molecule has 20 heavy (non-hydrogen) atoms. The molecule has 0 spiro atoms. The van der Waals surface area contributed by atoms with Crippen LogP contribution in [0.1, 0.15) is 37.5 Å². The number of fused-ring (bicyclic) bond motifs is 3. The van der Waals surface area contributed by atoms with Crippen molar-refractivity contribution in [2.45, 2.75) is 33.1 Å². The summed E-state index contributed by atoms with van der Waals surface area (Å²) in [5.74, 6) is 0. The van der Waals surface area contributed by atoms with Gasteiger partial charge in [0.25, 0.3) is 0 Å². The minimum atomic E-state index is -0.381. The summed E-state index contributed by atoms with van der Waals surface area (Å²) in [4.78, 5) is 0. The fourth-order valence-electron chi connectivity index (χ4n) is 3.01. The number of aryl methyl sites for hydroxylation is 1. The Labute approximate surface area is 129 Å². The molecule has 0 radical (unpaired) electrons. The molecule has 1 heterocycles. The van der Waals surface area contributed by atoms with Gasteiger partial charge in [-0.25, -0.2) is 0 Å². The first kappa shape index (κ1) is 13.7. The van der Waals surface area contributed by atoms with Crippen LogP contribution >= 0.6 is 0 Å². The number of rotatable bonds is 0. The first-order chi connectivity index (χ1) is 9.43. The van der Waals surface area contributed by atoms with Gasteiger partial charge < -0.3 is 0 Å². The molecule has 1 nitrogen and oxygen atoms in total. The summed E-state index contributed by atoms with van der Waals surface area (Å²) in [6.07, 6.45) is 0. The van der Waals surface area contributed by atoms with Gasteiger partial charge in [0, 0.05) is 0 Å². The zero-order valence-electron chi connectivity index (χ0n) is 12.2. The second-order valence-electron chi connectivity index (χ2n) is 6.28. The van der Waals surface area contributed by atoms with E-state index in [2.05, 4.69) is 52.0 Å². The van der Waals surface area contributed by atoms with Crippen LogP contribution in [0.3, 0.4) is 0 Å². The topological polar surface area (TPSA) is 23.8 Å². The van der Waals surface area contributed by atoms with Crippen molar-refractivity contribution in [1.29, 1.82) is 5.26 Å². The number of hydrogen-bond acceptors (Lipinski definition) is 1. The SMILES string of the molecule is Cc1ccc2c([te]c3cccc(C#N)c32)c1C(C)(C)C. The number of nitrogens with zero attached hydrogens (tertiary/aromatic N) is 1. The van der Waals surface area contributed by atoms with Crippen molar-refractivity contribution in [2.75, 3.05) is 0 Å². The Kier molecular flexibility index (Phi) is 3.17. The first-order valence-corrected chi connectivity index (χ1v) is 9.12. The molecule has 0 saturated heterocycles. The predicted molar refractivity (Wildman–Crippen MR) is 86.5 cm³/mol. The average Bonchev–Trinajstić information content (AvgIpc) is 2.74. The molecule has 0 aliphatic carbocycles. The van der Waals surface area contributed by atoms with E-state index in [0.717, 1.165) is 5.56 Å². The van der Waals surface area contributed by atoms with Crippen LogP contribution in [0.25, 0.3) is 17.6 Å². The summed E-state index contributed by atoms with van der Waals surface area (Å²) in [5, 5.41) is 11.9. The fraction of sp³-hybridized carbons (Fsp3) is 0.278. The van der Waals surface area contributed by atoms with E-state index in [1.165, 1.54) is 25.3 Å². The molecule has 100 valence electrons. The number of hydrogen-bond donors (Lipinski definition) is 0. The van der Waals surface area contributed by atoms with E-state index in [1.807, 2.05) is 12.1 Å². The molecule has 0 saturated carbocycles. The van der Waals surface area contributed by atoms with Crippen molar-refractivity contribution in [3.63, 3.8) is 0 Å². The maximum atomic E-state index is 9.38. The first-order valence-electron chi connectivity index (χ1n) is 6.79. The maximum absolute atomic E-state index is 9.38. The van der Waals surface area contributed by atoms with Crippen molar-refractivity contribution < 1.29 is 0 Å². The van der Waals surface area contributed by atoms with Gasteiger partial charge in [-0.1, -0.05) is 0 Å². The molecule has 3 aromatic rings. The Morgan fingerprint density at radius 2 is 1.85 bits per heavy atom. The van der Waals surface area contributed by atoms with Crippen LogP contribution < -0.4 is 0 Å². The molecule has 0 amide bonds. The van der Waals surface area contributed by atoms with Gasteiger partial charge in [0.15, 0.2) is 0 Å². The molecular formula is C18H17NTe. The van der Waals surface area contributed by atoms with Crippen LogP contribution in [0.5, 0.6) is 0 Å². The van der Waals surface area contributed by atoms with Crippen LogP contribution in [0, 0.1) is 18.3 Å². The van der Waals surface area contributed by atoms with E-state index in [1.54, 1.807) is 3.40 Å². The summed E-state index contributed by atoms with van der Waals surface area (Å²) in [7, 11) is 0. The minimum absolute atomic E-state index is 0.162. The zero-order valence-corrected chi connectivity index (χ0v) is 14.6. The van der Waals surface area contributed by atoms with Crippen molar-refractivity contribution in [3.8, 4) is 6.07 Å². The third kappa shape index (κ3) is 1.98. The van der Waals surface area contributed by atoms with E-state index in [9.17, 15) is 5.26 Å². The van der Waals surface area contributed by atoms with E-state index in [4.69, 9.17) is 0 Å². The molecule has 0 fully saturated rings. The molecule has 3 rings (SSSR count). The van der Waals surface area contributed by atoms with Gasteiger partial charge in [0.1, 0.15) is 0 Å². The van der Waals surface area contributed by atoms with Crippen molar-refractivity contribution >= 4 is 38.0 Å². The van der Waals surface area contributed by atoms with Gasteiger partial charge in [0.2, 0.25) is 0 Å². The summed E-state index contributed by atoms with van der Waals surface area (Å²) in [5.41, 5.74) is 3.87. The number of benzene rings is 2. The van der Waals surface area contributed by atoms with Gasteiger partial charge in [-0.2, -0.15) is 0 Å². The Hall–Kier alpha value is -1.28. The molecule has 0 N–H and O–H groups in total. The fourth-order valence-corrected chi connectivity index (χ4v) is 7.40. The molecule has 0 unspecified atom stereocenters. The van der Waals surface area contributed by atoms with Crippen molar-refractivity contribution in [1.82, 2.24) is 0 Å². The quantitative estimate of drug-likeness (QED) is 0.530. The molecule has 2 heteroatoms. The Balaban J connectivity index is 2.56. The third-order valence-corrected chi connectivity index (χ3v) is 7.14. The Morgan fingerprint density at radius 1 is 1.10 bits per heavy atom. The average molecular weight is 375 g/mol. The summed E-state index contributed by atoms with van der Waals surface area (Å²) < 4.78 is 2.96. The van der Waals surface area contributed by atoms with Crippen LogP contribution in [0.2, 0.25) is 0 Å². The number of nitriles is 1. The van der Waals surface area contributed by atoms with Crippen molar-refractivity contribution in [3.05, 3.63) is 47.0 Å². The molecule has 1 aromatic heterocycles. The summed E-state index contributed by atoms with van der Waals surface area (Å²) in [6, 6.07) is 13.0. The van der Waals surface area contributed by atoms with Gasteiger partial charge >= 0.3 is 129 Å². The van der Waals surface area contributed by atoms with Gasteiger partial charge in [-0.05, 0) is 0 Å². The van der Waals surface area contributed by atoms with E-state index >= 15 is 0 Å². The monoisotopic (exact) mass is 377 g/mol. The van der Waals surface area contributed by atoms with Crippen molar-refractivity contribution in [2.24, 2.45) is 0 Å². The zero-order chi connectivity index (χ0) is 14.5. The van der Waals surface area contributed by atoms with E-state index < -0.39 is 0 Å². The second-order valence-corrected chi connectivity index (χ2v) is 9.28. The molecule has 0 bridgehead atoms. The molecule has 0 aliphatic heterocycles. The van der Waals surface area contributed by atoms with Crippen LogP contribution in [0.15, 0.2) is 30.3 Å². The third-order valence-electron chi connectivity index (χ3n) is 3.74. The van der Waals surface area contributed by atoms with E-state index in [-0.39, 0.29) is 25.8 Å². The van der Waals surface area contributed by atoms with Gasteiger partial charge in [-0.15, -0.1) is 0 Å². The van der Waals surface area contributed by atoms with E-state index in [0.29, 0.717) is 0 Å². The summed E-state index contributed by atoms with van der Waals surface area (Å²) >= 11 is -0.381. The molecule has 2 aromatic carbocycles. The predicted octanol–water partition coefficient (Wildman–Crippen LogP) is 4.53. The van der Waals surface area contributed by atoms with Crippen LogP contribution in [0.4, 0.5) is 0 Å². The van der Waals surface area contributed by atoms with Gasteiger partial charge in [-0.3, -0.25) is 0 Å². The van der Waals surface area contributed by atoms with Crippen LogP contribution in [-0.4, -0.2) is 20.4 Å². The Bertz CT molecular complexity index is 857. The normalized spacial score (nSPS) is 11.9. The van der Waals surface area contributed by atoms with Gasteiger partial charge in [0.05, 0.1) is 0 Å². The Morgan fingerprint density at radius 3 is 2.50 bits per heavy atom. The standard InChI is InChI=1S/C18H17NTe/c1-11-8-9-13-15-12(10-19)6-5-7-14(15)20-17(13)16(11)18(2,3)4/h5-9H,1-4H3. The summed E-state index contributed by atoms with van der Waals surface area (Å²) in [6.45, 7) is 9.08. The molecule has 0 atom stereocenters. The molecular weight excluding hydrogens is 358 g/mol. The molecule has 0 aliphatic rings. The second kappa shape index (κ2) is 4.63.